The summed E-state index contributed by atoms with van der Waals surface area (Å²) in [5.41, 5.74) is 0.834. The molecule has 0 saturated carbocycles. The first-order valence-electron chi connectivity index (χ1n) is 6.04. The average molecular weight is 273 g/mol. The summed E-state index contributed by atoms with van der Waals surface area (Å²) in [5, 5.41) is 0. The van der Waals surface area contributed by atoms with Gasteiger partial charge in [0.25, 0.3) is 0 Å². The second-order valence-corrected chi connectivity index (χ2v) is 4.41. The summed E-state index contributed by atoms with van der Waals surface area (Å²) in [5.74, 6) is 0.115. The lowest BCUT2D eigenvalue weighted by atomic mass is 10.1. The molecule has 0 unspecified atom stereocenters. The first-order valence-corrected chi connectivity index (χ1v) is 6.04. The molecule has 1 aliphatic heterocycles. The van der Waals surface area contributed by atoms with Crippen molar-refractivity contribution in [1.82, 2.24) is 0 Å². The van der Waals surface area contributed by atoms with Gasteiger partial charge in [-0.05, 0) is 25.0 Å². The van der Waals surface area contributed by atoms with E-state index in [-0.39, 0.29) is 5.75 Å². The van der Waals surface area contributed by atoms with E-state index < -0.39 is 12.8 Å². The molecule has 1 aromatic rings. The molecule has 2 rings (SSSR count). The molecule has 0 atom stereocenters. The molecular formula is C13H14F3NO2. The number of ether oxygens (including phenoxy) is 1. The number of aldehydes is 1. The Hall–Kier alpha value is -1.72. The highest BCUT2D eigenvalue weighted by atomic mass is 19.4. The molecule has 0 radical (unpaired) electrons. The Morgan fingerprint density at radius 1 is 1.26 bits per heavy atom. The van der Waals surface area contributed by atoms with E-state index >= 15 is 0 Å². The van der Waals surface area contributed by atoms with E-state index in [4.69, 9.17) is 4.74 Å². The Morgan fingerprint density at radius 3 is 2.53 bits per heavy atom. The smallest absolute Gasteiger partial charge is 0.422 e. The van der Waals surface area contributed by atoms with Crippen LogP contribution in [0.3, 0.4) is 0 Å². The van der Waals surface area contributed by atoms with Gasteiger partial charge >= 0.3 is 6.18 Å². The van der Waals surface area contributed by atoms with Gasteiger partial charge in [0.05, 0.1) is 5.69 Å². The maximum absolute atomic E-state index is 12.2. The Morgan fingerprint density at radius 2 is 1.95 bits per heavy atom. The zero-order chi connectivity index (χ0) is 13.9. The Bertz CT molecular complexity index is 454. The summed E-state index contributed by atoms with van der Waals surface area (Å²) < 4.78 is 41.5. The molecular weight excluding hydrogens is 259 g/mol. The number of halogens is 3. The van der Waals surface area contributed by atoms with Crippen LogP contribution in [0.2, 0.25) is 0 Å². The summed E-state index contributed by atoms with van der Waals surface area (Å²) in [6.07, 6.45) is -1.81. The quantitative estimate of drug-likeness (QED) is 0.790. The highest BCUT2D eigenvalue weighted by Crippen LogP contribution is 2.34. The van der Waals surface area contributed by atoms with Gasteiger partial charge in [0.15, 0.2) is 12.9 Å². The van der Waals surface area contributed by atoms with E-state index in [1.165, 1.54) is 12.1 Å². The summed E-state index contributed by atoms with van der Waals surface area (Å²) >= 11 is 0. The van der Waals surface area contributed by atoms with Crippen LogP contribution in [0.1, 0.15) is 23.2 Å². The zero-order valence-corrected chi connectivity index (χ0v) is 10.2. The molecule has 104 valence electrons. The van der Waals surface area contributed by atoms with Crippen LogP contribution < -0.4 is 9.64 Å². The molecule has 1 saturated heterocycles. The van der Waals surface area contributed by atoms with Gasteiger partial charge in [-0.15, -0.1) is 0 Å². The van der Waals surface area contributed by atoms with E-state index in [2.05, 4.69) is 0 Å². The maximum Gasteiger partial charge on any atom is 0.422 e. The van der Waals surface area contributed by atoms with Crippen LogP contribution in [-0.4, -0.2) is 32.2 Å². The fourth-order valence-electron chi connectivity index (χ4n) is 2.19. The molecule has 0 N–H and O–H groups in total. The van der Waals surface area contributed by atoms with Crippen molar-refractivity contribution in [3.63, 3.8) is 0 Å². The molecule has 0 spiro atoms. The van der Waals surface area contributed by atoms with Gasteiger partial charge < -0.3 is 9.64 Å². The number of anilines is 1. The molecule has 1 fully saturated rings. The van der Waals surface area contributed by atoms with Gasteiger partial charge in [-0.3, -0.25) is 4.79 Å². The number of hydrogen-bond donors (Lipinski definition) is 0. The number of para-hydroxylation sites is 1. The number of benzene rings is 1. The largest absolute Gasteiger partial charge is 0.482 e. The van der Waals surface area contributed by atoms with E-state index in [9.17, 15) is 18.0 Å². The predicted molar refractivity (Wildman–Crippen MR) is 64.8 cm³/mol. The Kier molecular flexibility index (Phi) is 3.97. The summed E-state index contributed by atoms with van der Waals surface area (Å²) in [6.45, 7) is 0.108. The molecule has 1 aromatic carbocycles. The topological polar surface area (TPSA) is 29.5 Å². The number of hydrogen-bond acceptors (Lipinski definition) is 3. The number of carbonyl (C=O) groups excluding carboxylic acids is 1. The highest BCUT2D eigenvalue weighted by molar-refractivity contribution is 5.87. The van der Waals surface area contributed by atoms with Crippen molar-refractivity contribution < 1.29 is 22.7 Å². The van der Waals surface area contributed by atoms with E-state index in [1.54, 1.807) is 6.07 Å². The molecule has 1 heterocycles. The standard InChI is InChI=1S/C13H14F3NO2/c14-13(15,16)9-19-11-5-3-4-10(8-18)12(11)17-6-1-2-7-17/h3-5,8H,1-2,6-7,9H2. The fourth-order valence-corrected chi connectivity index (χ4v) is 2.19. The molecule has 0 aliphatic carbocycles. The van der Waals surface area contributed by atoms with Crippen molar-refractivity contribution in [2.75, 3.05) is 24.6 Å². The molecule has 0 aromatic heterocycles. The third-order valence-corrected chi connectivity index (χ3v) is 2.97. The molecule has 0 amide bonds. The molecule has 6 heteroatoms. The van der Waals surface area contributed by atoms with Gasteiger partial charge in [0.2, 0.25) is 0 Å². The normalized spacial score (nSPS) is 15.6. The third-order valence-electron chi connectivity index (χ3n) is 2.97. The zero-order valence-electron chi connectivity index (χ0n) is 10.2. The van der Waals surface area contributed by atoms with Gasteiger partial charge in [0, 0.05) is 18.7 Å². The first kappa shape index (κ1) is 13.7. The second-order valence-electron chi connectivity index (χ2n) is 4.41. The molecule has 0 bridgehead atoms. The van der Waals surface area contributed by atoms with E-state index in [0.29, 0.717) is 17.5 Å². The van der Waals surface area contributed by atoms with Crippen molar-refractivity contribution in [2.24, 2.45) is 0 Å². The van der Waals surface area contributed by atoms with Crippen LogP contribution in [0, 0.1) is 0 Å². The van der Waals surface area contributed by atoms with Crippen LogP contribution in [0.5, 0.6) is 5.75 Å². The highest BCUT2D eigenvalue weighted by Gasteiger charge is 2.29. The van der Waals surface area contributed by atoms with Gasteiger partial charge in [-0.1, -0.05) is 6.07 Å². The minimum Gasteiger partial charge on any atom is -0.482 e. The SMILES string of the molecule is O=Cc1cccc(OCC(F)(F)F)c1N1CCCC1. The number of rotatable bonds is 4. The van der Waals surface area contributed by atoms with E-state index in [0.717, 1.165) is 25.9 Å². The monoisotopic (exact) mass is 273 g/mol. The predicted octanol–water partition coefficient (Wildman–Crippen LogP) is 3.04. The third kappa shape index (κ3) is 3.39. The van der Waals surface area contributed by atoms with Crippen LogP contribution in [0.25, 0.3) is 0 Å². The van der Waals surface area contributed by atoms with Crippen LogP contribution in [0.4, 0.5) is 18.9 Å². The summed E-state index contributed by atoms with van der Waals surface area (Å²) in [7, 11) is 0. The fraction of sp³-hybridized carbons (Fsp3) is 0.462. The molecule has 3 nitrogen and oxygen atoms in total. The van der Waals surface area contributed by atoms with Crippen molar-refractivity contribution in [3.8, 4) is 5.75 Å². The minimum atomic E-state index is -4.39. The van der Waals surface area contributed by atoms with Crippen LogP contribution >= 0.6 is 0 Å². The number of carbonyl (C=O) groups is 1. The van der Waals surface area contributed by atoms with Gasteiger partial charge in [0.1, 0.15) is 5.75 Å². The molecule has 19 heavy (non-hydrogen) atoms. The lowest BCUT2D eigenvalue weighted by Gasteiger charge is -2.23. The maximum atomic E-state index is 12.2. The van der Waals surface area contributed by atoms with Gasteiger partial charge in [-0.25, -0.2) is 0 Å². The number of nitrogens with zero attached hydrogens (tertiary/aromatic N) is 1. The second kappa shape index (κ2) is 5.50. The minimum absolute atomic E-state index is 0.115. The number of alkyl halides is 3. The van der Waals surface area contributed by atoms with Crippen molar-refractivity contribution in [2.45, 2.75) is 19.0 Å². The summed E-state index contributed by atoms with van der Waals surface area (Å²) in [6, 6.07) is 4.57. The lowest BCUT2D eigenvalue weighted by Crippen LogP contribution is -2.23. The van der Waals surface area contributed by atoms with E-state index in [1.807, 2.05) is 4.90 Å². The first-order chi connectivity index (χ1) is 9.01. The Labute approximate surface area is 109 Å². The average Bonchev–Trinajstić information content (AvgIpc) is 2.88. The molecule has 1 aliphatic rings. The Balaban J connectivity index is 2.28. The summed E-state index contributed by atoms with van der Waals surface area (Å²) in [4.78, 5) is 12.9. The lowest BCUT2D eigenvalue weighted by molar-refractivity contribution is -0.153. The van der Waals surface area contributed by atoms with Crippen molar-refractivity contribution >= 4 is 12.0 Å². The van der Waals surface area contributed by atoms with Crippen molar-refractivity contribution in [1.29, 1.82) is 0 Å². The van der Waals surface area contributed by atoms with Crippen LogP contribution in [0.15, 0.2) is 18.2 Å². The van der Waals surface area contributed by atoms with Crippen molar-refractivity contribution in [3.05, 3.63) is 23.8 Å². The van der Waals surface area contributed by atoms with Crippen LogP contribution in [-0.2, 0) is 0 Å². The van der Waals surface area contributed by atoms with Gasteiger partial charge in [-0.2, -0.15) is 13.2 Å².